The van der Waals surface area contributed by atoms with E-state index in [-0.39, 0.29) is 6.61 Å². The number of thioether (sulfide) groups is 1. The van der Waals surface area contributed by atoms with Gasteiger partial charge in [0.25, 0.3) is 0 Å². The van der Waals surface area contributed by atoms with Gasteiger partial charge >= 0.3 is 0 Å². The number of hydrogen-bond donors (Lipinski definition) is 1. The molecule has 1 aromatic carbocycles. The molecule has 1 aromatic rings. The number of aliphatic hydroxyl groups is 1. The topological polar surface area (TPSA) is 20.2 Å². The van der Waals surface area contributed by atoms with Gasteiger partial charge in [0.05, 0.1) is 0 Å². The molecule has 0 unspecified atom stereocenters. The van der Waals surface area contributed by atoms with Crippen molar-refractivity contribution in [2.45, 2.75) is 11.3 Å². The molecular formula is C12H14OS. The summed E-state index contributed by atoms with van der Waals surface area (Å²) in [6, 6.07) is 10.1. The maximum Gasteiger partial charge on any atom is 0.0476 e. The second kappa shape index (κ2) is 6.46. The highest BCUT2D eigenvalue weighted by Gasteiger charge is 1.98. The zero-order chi connectivity index (χ0) is 10.2. The summed E-state index contributed by atoms with van der Waals surface area (Å²) < 4.78 is 0. The summed E-state index contributed by atoms with van der Waals surface area (Å²) >= 11 is 1.67. The molecule has 0 atom stereocenters. The summed E-state index contributed by atoms with van der Waals surface area (Å²) in [6.45, 7) is 3.83. The van der Waals surface area contributed by atoms with Crippen molar-refractivity contribution >= 4 is 11.8 Å². The van der Waals surface area contributed by atoms with Crippen LogP contribution in [0.15, 0.2) is 58.9 Å². The Morgan fingerprint density at radius 3 is 2.64 bits per heavy atom. The van der Waals surface area contributed by atoms with E-state index in [1.54, 1.807) is 17.8 Å². The first-order valence-corrected chi connectivity index (χ1v) is 5.34. The average Bonchev–Trinajstić information content (AvgIpc) is 2.20. The van der Waals surface area contributed by atoms with Crippen molar-refractivity contribution in [2.75, 3.05) is 6.61 Å². The Balaban J connectivity index is 2.65. The third-order valence-corrected chi connectivity index (χ3v) is 2.76. The highest BCUT2D eigenvalue weighted by atomic mass is 32.2. The molecular weight excluding hydrogens is 192 g/mol. The van der Waals surface area contributed by atoms with Crippen LogP contribution in [0.25, 0.3) is 0 Å². The van der Waals surface area contributed by atoms with E-state index in [0.717, 1.165) is 4.91 Å². The Bertz CT molecular complexity index is 303. The van der Waals surface area contributed by atoms with E-state index in [1.807, 2.05) is 24.3 Å². The van der Waals surface area contributed by atoms with Crippen LogP contribution in [-0.2, 0) is 0 Å². The van der Waals surface area contributed by atoms with Gasteiger partial charge in [-0.2, -0.15) is 0 Å². The van der Waals surface area contributed by atoms with Crippen molar-refractivity contribution in [2.24, 2.45) is 0 Å². The van der Waals surface area contributed by atoms with Gasteiger partial charge in [-0.05, 0) is 17.0 Å². The van der Waals surface area contributed by atoms with Crippen molar-refractivity contribution in [3.63, 3.8) is 0 Å². The third-order valence-electron chi connectivity index (χ3n) is 1.65. The van der Waals surface area contributed by atoms with Crippen molar-refractivity contribution in [1.82, 2.24) is 0 Å². The first kappa shape index (κ1) is 11.1. The van der Waals surface area contributed by atoms with Gasteiger partial charge in [-0.25, -0.2) is 0 Å². The van der Waals surface area contributed by atoms with Crippen molar-refractivity contribution in [1.29, 1.82) is 0 Å². The van der Waals surface area contributed by atoms with E-state index in [2.05, 4.69) is 18.7 Å². The molecule has 0 aromatic heterocycles. The molecule has 2 heteroatoms. The molecule has 0 spiro atoms. The molecule has 0 aliphatic heterocycles. The summed E-state index contributed by atoms with van der Waals surface area (Å²) in [5.74, 6) is 0. The molecule has 0 saturated carbocycles. The lowest BCUT2D eigenvalue weighted by Crippen LogP contribution is -1.84. The number of hydrogen-bond acceptors (Lipinski definition) is 2. The van der Waals surface area contributed by atoms with Crippen LogP contribution >= 0.6 is 11.8 Å². The number of aliphatic hydroxyl groups excluding tert-OH is 1. The van der Waals surface area contributed by atoms with Gasteiger partial charge in [0.1, 0.15) is 0 Å². The van der Waals surface area contributed by atoms with Crippen LogP contribution in [0.4, 0.5) is 0 Å². The second-order valence-corrected chi connectivity index (χ2v) is 3.96. The van der Waals surface area contributed by atoms with E-state index in [4.69, 9.17) is 5.11 Å². The maximum absolute atomic E-state index is 8.85. The molecule has 0 amide bonds. The normalized spacial score (nSPS) is 11.4. The van der Waals surface area contributed by atoms with Crippen LogP contribution in [0.1, 0.15) is 6.42 Å². The Labute approximate surface area is 89.2 Å². The molecule has 1 rings (SSSR count). The molecule has 0 saturated heterocycles. The Kier molecular flexibility index (Phi) is 5.12. The molecule has 0 aliphatic rings. The van der Waals surface area contributed by atoms with Crippen molar-refractivity contribution in [3.8, 4) is 0 Å². The molecule has 14 heavy (non-hydrogen) atoms. The minimum Gasteiger partial charge on any atom is -0.396 e. The van der Waals surface area contributed by atoms with Crippen LogP contribution in [-0.4, -0.2) is 11.7 Å². The monoisotopic (exact) mass is 206 g/mol. The van der Waals surface area contributed by atoms with E-state index < -0.39 is 0 Å². The first-order valence-electron chi connectivity index (χ1n) is 4.52. The van der Waals surface area contributed by atoms with Gasteiger partial charge in [-0.15, -0.1) is 0 Å². The molecule has 1 nitrogen and oxygen atoms in total. The SMILES string of the molecule is C=C/C=C(/CCO)Sc1ccccc1. The summed E-state index contributed by atoms with van der Waals surface area (Å²) in [7, 11) is 0. The Morgan fingerprint density at radius 1 is 1.36 bits per heavy atom. The predicted octanol–water partition coefficient (Wildman–Crippen LogP) is 3.23. The first-order chi connectivity index (χ1) is 6.86. The molecule has 0 heterocycles. The van der Waals surface area contributed by atoms with Gasteiger partial charge in [0.15, 0.2) is 0 Å². The van der Waals surface area contributed by atoms with Gasteiger partial charge in [-0.3, -0.25) is 0 Å². The molecule has 0 bridgehead atoms. The van der Waals surface area contributed by atoms with Crippen LogP contribution in [0.2, 0.25) is 0 Å². The molecule has 74 valence electrons. The lowest BCUT2D eigenvalue weighted by Gasteiger charge is -2.04. The Hall–Kier alpha value is -0.990. The van der Waals surface area contributed by atoms with Crippen LogP contribution in [0.3, 0.4) is 0 Å². The summed E-state index contributed by atoms with van der Waals surface area (Å²) in [5.41, 5.74) is 0. The average molecular weight is 206 g/mol. The van der Waals surface area contributed by atoms with Gasteiger partial charge < -0.3 is 5.11 Å². The minimum atomic E-state index is 0.180. The molecule has 0 radical (unpaired) electrons. The van der Waals surface area contributed by atoms with E-state index in [9.17, 15) is 0 Å². The second-order valence-electron chi connectivity index (χ2n) is 2.76. The molecule has 0 fully saturated rings. The third kappa shape index (κ3) is 3.81. The van der Waals surface area contributed by atoms with Crippen LogP contribution in [0.5, 0.6) is 0 Å². The lowest BCUT2D eigenvalue weighted by molar-refractivity contribution is 0.301. The molecule has 1 N–H and O–H groups in total. The predicted molar refractivity (Wildman–Crippen MR) is 62.3 cm³/mol. The van der Waals surface area contributed by atoms with Gasteiger partial charge in [0, 0.05) is 17.9 Å². The van der Waals surface area contributed by atoms with Crippen molar-refractivity contribution in [3.05, 3.63) is 54.0 Å². The standard InChI is InChI=1S/C12H14OS/c1-2-6-11(9-10-13)14-12-7-4-3-5-8-12/h2-8,13H,1,9-10H2/b11-6-. The number of benzene rings is 1. The number of rotatable bonds is 5. The van der Waals surface area contributed by atoms with Crippen LogP contribution in [0, 0.1) is 0 Å². The summed E-state index contributed by atoms with van der Waals surface area (Å²) in [5, 5.41) is 8.85. The lowest BCUT2D eigenvalue weighted by atomic mass is 10.4. The smallest absolute Gasteiger partial charge is 0.0476 e. The zero-order valence-electron chi connectivity index (χ0n) is 8.02. The number of allylic oxidation sites excluding steroid dienone is 2. The maximum atomic E-state index is 8.85. The van der Waals surface area contributed by atoms with Crippen LogP contribution < -0.4 is 0 Å². The van der Waals surface area contributed by atoms with Gasteiger partial charge in [-0.1, -0.05) is 48.7 Å². The van der Waals surface area contributed by atoms with E-state index in [0.29, 0.717) is 6.42 Å². The minimum absolute atomic E-state index is 0.180. The summed E-state index contributed by atoms with van der Waals surface area (Å²) in [4.78, 5) is 2.32. The van der Waals surface area contributed by atoms with Gasteiger partial charge in [0.2, 0.25) is 0 Å². The van der Waals surface area contributed by atoms with E-state index >= 15 is 0 Å². The fourth-order valence-electron chi connectivity index (χ4n) is 1.05. The summed E-state index contributed by atoms with van der Waals surface area (Å²) in [6.07, 6.45) is 4.38. The quantitative estimate of drug-likeness (QED) is 0.589. The highest BCUT2D eigenvalue weighted by molar-refractivity contribution is 8.03. The van der Waals surface area contributed by atoms with Crippen molar-refractivity contribution < 1.29 is 5.11 Å². The Morgan fingerprint density at radius 2 is 2.07 bits per heavy atom. The molecule has 0 aliphatic carbocycles. The fourth-order valence-corrected chi connectivity index (χ4v) is 2.00. The van der Waals surface area contributed by atoms with E-state index in [1.165, 1.54) is 4.90 Å². The zero-order valence-corrected chi connectivity index (χ0v) is 8.83. The highest BCUT2D eigenvalue weighted by Crippen LogP contribution is 2.28. The largest absolute Gasteiger partial charge is 0.396 e. The fraction of sp³-hybridized carbons (Fsp3) is 0.167.